The summed E-state index contributed by atoms with van der Waals surface area (Å²) in [7, 11) is -9.98. The average molecular weight is 681 g/mol. The fraction of sp³-hybridized carbons (Fsp3) is 0.267. The number of carbonyl (C=O) groups is 1. The number of aromatic nitrogens is 2. The number of para-hydroxylation sites is 1. The van der Waals surface area contributed by atoms with Gasteiger partial charge in [0.25, 0.3) is 10.0 Å². The molecule has 9 nitrogen and oxygen atoms in total. The number of halogens is 4. The molecule has 0 radical (unpaired) electrons. The molecule has 0 aliphatic heterocycles. The molecule has 1 saturated carbocycles. The summed E-state index contributed by atoms with van der Waals surface area (Å²) < 4.78 is 96.1. The summed E-state index contributed by atoms with van der Waals surface area (Å²) in [6.07, 6.45) is 2.18. The third-order valence-corrected chi connectivity index (χ3v) is 9.97. The van der Waals surface area contributed by atoms with E-state index in [4.69, 9.17) is 11.6 Å². The number of anilines is 1. The van der Waals surface area contributed by atoms with Gasteiger partial charge < -0.3 is 0 Å². The minimum Gasteiger partial charge on any atom is -0.274 e. The number of hydrogen-bond donors (Lipinski definition) is 2. The van der Waals surface area contributed by atoms with Crippen molar-refractivity contribution >= 4 is 43.4 Å². The molecule has 0 unspecified atom stereocenters. The van der Waals surface area contributed by atoms with E-state index in [1.165, 1.54) is 18.2 Å². The van der Waals surface area contributed by atoms with Crippen molar-refractivity contribution < 1.29 is 34.8 Å². The summed E-state index contributed by atoms with van der Waals surface area (Å²) in [6, 6.07) is 19.0. The zero-order chi connectivity index (χ0) is 32.6. The van der Waals surface area contributed by atoms with Crippen LogP contribution < -0.4 is 9.44 Å². The lowest BCUT2D eigenvalue weighted by atomic mass is 9.99. The van der Waals surface area contributed by atoms with E-state index in [1.54, 1.807) is 59.3 Å². The minimum absolute atomic E-state index is 0.00678. The number of rotatable bonds is 11. The van der Waals surface area contributed by atoms with Crippen LogP contribution >= 0.6 is 11.6 Å². The highest BCUT2D eigenvalue weighted by molar-refractivity contribution is 7.93. The molecule has 0 atom stereocenters. The van der Waals surface area contributed by atoms with Gasteiger partial charge in [-0.3, -0.25) is 9.52 Å². The lowest BCUT2D eigenvalue weighted by Gasteiger charge is -2.15. The molecule has 1 heterocycles. The number of benzene rings is 3. The van der Waals surface area contributed by atoms with Gasteiger partial charge in [0.2, 0.25) is 5.91 Å². The fourth-order valence-corrected chi connectivity index (χ4v) is 6.84. The van der Waals surface area contributed by atoms with Crippen molar-refractivity contribution in [2.75, 3.05) is 4.72 Å². The summed E-state index contributed by atoms with van der Waals surface area (Å²) in [5.41, 5.74) is -3.35. The summed E-state index contributed by atoms with van der Waals surface area (Å²) in [6.45, 7) is 1.85. The minimum atomic E-state index is -5.82. The van der Waals surface area contributed by atoms with Crippen LogP contribution in [-0.4, -0.2) is 38.0 Å². The maximum Gasteiger partial charge on any atom is 0.516 e. The van der Waals surface area contributed by atoms with E-state index in [0.717, 1.165) is 4.68 Å². The van der Waals surface area contributed by atoms with Crippen LogP contribution in [0, 0.1) is 5.92 Å². The Labute approximate surface area is 263 Å². The molecule has 1 aliphatic carbocycles. The third-order valence-electron chi connectivity index (χ3n) is 7.18. The van der Waals surface area contributed by atoms with Crippen LogP contribution in [0.2, 0.25) is 5.02 Å². The standard InChI is InChI=1S/C30H28ClF3N4O5S2/c1-2-7-25-23(28(36-45(42,43)30(32,33)34)38(35-25)26-10-5-4-9-24(26)31)18-19-12-14-20(15-13-19)22-8-3-6-11-27(22)44(40,41)37-29(39)21-16-17-21/h3-6,8-15,21,36H,2,7,16-18H2,1H3,(H,37,39). The van der Waals surface area contributed by atoms with Crippen molar-refractivity contribution in [1.82, 2.24) is 14.5 Å². The first kappa shape index (κ1) is 32.5. The van der Waals surface area contributed by atoms with Crippen LogP contribution in [-0.2, 0) is 37.7 Å². The molecular formula is C30H28ClF3N4O5S2. The molecule has 1 amide bonds. The maximum absolute atomic E-state index is 13.5. The Morgan fingerprint density at radius 1 is 0.978 bits per heavy atom. The first-order valence-corrected chi connectivity index (χ1v) is 17.3. The molecule has 5 rings (SSSR count). The quantitative estimate of drug-likeness (QED) is 0.194. The Kier molecular flexibility index (Phi) is 9.02. The number of alkyl halides is 3. The molecule has 1 aromatic heterocycles. The Balaban J connectivity index is 1.54. The largest absolute Gasteiger partial charge is 0.516 e. The van der Waals surface area contributed by atoms with Crippen LogP contribution in [0.25, 0.3) is 16.8 Å². The van der Waals surface area contributed by atoms with Crippen LogP contribution in [0.1, 0.15) is 43.0 Å². The third kappa shape index (κ3) is 7.02. The van der Waals surface area contributed by atoms with Gasteiger partial charge in [-0.05, 0) is 48.6 Å². The number of aryl methyl sites for hydroxylation is 1. The second kappa shape index (κ2) is 12.5. The zero-order valence-electron chi connectivity index (χ0n) is 23.8. The van der Waals surface area contributed by atoms with E-state index in [9.17, 15) is 34.8 Å². The molecule has 1 fully saturated rings. The lowest BCUT2D eigenvalue weighted by molar-refractivity contribution is -0.120. The van der Waals surface area contributed by atoms with Gasteiger partial charge in [0.15, 0.2) is 0 Å². The molecule has 0 spiro atoms. The Hall–Kier alpha value is -3.88. The summed E-state index contributed by atoms with van der Waals surface area (Å²) in [5.74, 6) is -1.25. The van der Waals surface area contributed by atoms with Crippen LogP contribution in [0.4, 0.5) is 19.0 Å². The van der Waals surface area contributed by atoms with E-state index in [-0.39, 0.29) is 33.5 Å². The maximum atomic E-state index is 13.5. The predicted octanol–water partition coefficient (Wildman–Crippen LogP) is 6.21. The summed E-state index contributed by atoms with van der Waals surface area (Å²) >= 11 is 6.33. The molecule has 15 heteroatoms. The van der Waals surface area contributed by atoms with Gasteiger partial charge >= 0.3 is 15.5 Å². The summed E-state index contributed by atoms with van der Waals surface area (Å²) in [4.78, 5) is 12.1. The molecular weight excluding hydrogens is 653 g/mol. The number of carbonyl (C=O) groups excluding carboxylic acids is 1. The number of sulfonamides is 2. The van der Waals surface area contributed by atoms with Crippen molar-refractivity contribution in [3.8, 4) is 16.8 Å². The van der Waals surface area contributed by atoms with Gasteiger partial charge in [-0.25, -0.2) is 17.8 Å². The molecule has 238 valence electrons. The second-order valence-electron chi connectivity index (χ2n) is 10.6. The van der Waals surface area contributed by atoms with Crippen LogP contribution in [0.3, 0.4) is 0 Å². The van der Waals surface area contributed by atoms with E-state index in [1.807, 2.05) is 6.92 Å². The SMILES string of the molecule is CCCc1nn(-c2ccccc2Cl)c(NS(=O)(=O)C(F)(F)F)c1Cc1ccc(-c2ccccc2S(=O)(=O)NC(=O)C2CC2)cc1. The van der Waals surface area contributed by atoms with Crippen molar-refractivity contribution in [2.24, 2.45) is 5.92 Å². The Morgan fingerprint density at radius 3 is 2.24 bits per heavy atom. The van der Waals surface area contributed by atoms with Gasteiger partial charge in [-0.2, -0.15) is 26.7 Å². The van der Waals surface area contributed by atoms with Gasteiger partial charge in [0.1, 0.15) is 5.82 Å². The first-order chi connectivity index (χ1) is 21.2. The Bertz CT molecular complexity index is 1960. The molecule has 1 aliphatic rings. The van der Waals surface area contributed by atoms with Gasteiger partial charge in [-0.15, -0.1) is 0 Å². The molecule has 4 aromatic rings. The van der Waals surface area contributed by atoms with E-state index in [2.05, 4.69) is 9.82 Å². The predicted molar refractivity (Wildman–Crippen MR) is 164 cm³/mol. The Morgan fingerprint density at radius 2 is 1.62 bits per heavy atom. The van der Waals surface area contributed by atoms with Gasteiger partial charge in [0.05, 0.1) is 21.3 Å². The van der Waals surface area contributed by atoms with Gasteiger partial charge in [-0.1, -0.05) is 79.5 Å². The van der Waals surface area contributed by atoms with E-state index in [0.29, 0.717) is 48.1 Å². The first-order valence-electron chi connectivity index (χ1n) is 13.9. The molecule has 45 heavy (non-hydrogen) atoms. The van der Waals surface area contributed by atoms with Gasteiger partial charge in [0, 0.05) is 23.5 Å². The monoisotopic (exact) mass is 680 g/mol. The molecule has 0 saturated heterocycles. The van der Waals surface area contributed by atoms with E-state index < -0.39 is 37.3 Å². The molecule has 0 bridgehead atoms. The number of nitrogens with one attached hydrogen (secondary N) is 2. The number of nitrogens with zero attached hydrogens (tertiary/aromatic N) is 2. The highest BCUT2D eigenvalue weighted by Crippen LogP contribution is 2.35. The number of hydrogen-bond acceptors (Lipinski definition) is 6. The average Bonchev–Trinajstić information content (AvgIpc) is 3.79. The fourth-order valence-electron chi connectivity index (χ4n) is 4.77. The van der Waals surface area contributed by atoms with Crippen molar-refractivity contribution in [3.05, 3.63) is 94.6 Å². The number of amides is 1. The molecule has 3 aromatic carbocycles. The lowest BCUT2D eigenvalue weighted by Crippen LogP contribution is -2.32. The highest BCUT2D eigenvalue weighted by Gasteiger charge is 2.47. The zero-order valence-corrected chi connectivity index (χ0v) is 26.2. The highest BCUT2D eigenvalue weighted by atomic mass is 35.5. The van der Waals surface area contributed by atoms with Crippen LogP contribution in [0.5, 0.6) is 0 Å². The smallest absolute Gasteiger partial charge is 0.274 e. The van der Waals surface area contributed by atoms with Crippen LogP contribution in [0.15, 0.2) is 77.7 Å². The second-order valence-corrected chi connectivity index (χ2v) is 14.3. The van der Waals surface area contributed by atoms with Crippen molar-refractivity contribution in [3.63, 3.8) is 0 Å². The van der Waals surface area contributed by atoms with Crippen molar-refractivity contribution in [2.45, 2.75) is 49.4 Å². The summed E-state index contributed by atoms with van der Waals surface area (Å²) in [5, 5.41) is 4.62. The van der Waals surface area contributed by atoms with E-state index >= 15 is 0 Å². The normalized spacial score (nSPS) is 13.9. The topological polar surface area (TPSA) is 127 Å². The van der Waals surface area contributed by atoms with Crippen molar-refractivity contribution in [1.29, 1.82) is 0 Å². The molecule has 2 N–H and O–H groups in total.